The Balaban J connectivity index is 1.93. The van der Waals surface area contributed by atoms with Gasteiger partial charge in [0.2, 0.25) is 0 Å². The van der Waals surface area contributed by atoms with E-state index in [9.17, 15) is 5.11 Å². The third-order valence-electron chi connectivity index (χ3n) is 4.26. The van der Waals surface area contributed by atoms with Crippen LogP contribution in [0.4, 0.5) is 5.69 Å². The lowest BCUT2D eigenvalue weighted by molar-refractivity contribution is -0.00880. The highest BCUT2D eigenvalue weighted by molar-refractivity contribution is 6.30. The molecule has 4 heteroatoms. The van der Waals surface area contributed by atoms with E-state index in [1.54, 1.807) is 0 Å². The van der Waals surface area contributed by atoms with Crippen molar-refractivity contribution >= 4 is 17.3 Å². The fourth-order valence-corrected chi connectivity index (χ4v) is 3.50. The SMILES string of the molecule is OCc1ccc(Cl)cc1N1CCOC2CCCCC21. The predicted octanol–water partition coefficient (Wildman–Crippen LogP) is 2.98. The standard InChI is InChI=1S/C15H20ClNO2/c16-12-6-5-11(10-18)14(9-12)17-7-8-19-15-4-2-1-3-13(15)17/h5-6,9,13,15,18H,1-4,7-8,10H2. The number of halogens is 1. The van der Waals surface area contributed by atoms with E-state index in [0.29, 0.717) is 12.1 Å². The molecule has 0 amide bonds. The third-order valence-corrected chi connectivity index (χ3v) is 4.49. The maximum Gasteiger partial charge on any atom is 0.0779 e. The molecular weight excluding hydrogens is 262 g/mol. The van der Waals surface area contributed by atoms with Crippen LogP contribution in [0.1, 0.15) is 31.2 Å². The molecule has 1 aromatic rings. The molecule has 104 valence electrons. The lowest BCUT2D eigenvalue weighted by Crippen LogP contribution is -2.53. The Bertz CT molecular complexity index is 450. The number of aliphatic hydroxyl groups is 1. The summed E-state index contributed by atoms with van der Waals surface area (Å²) < 4.78 is 5.90. The van der Waals surface area contributed by atoms with E-state index in [1.807, 2.05) is 18.2 Å². The van der Waals surface area contributed by atoms with E-state index in [0.717, 1.165) is 35.8 Å². The molecule has 1 saturated carbocycles. The van der Waals surface area contributed by atoms with Crippen LogP contribution in [0.15, 0.2) is 18.2 Å². The molecule has 0 aromatic heterocycles. The molecule has 1 aliphatic heterocycles. The Morgan fingerprint density at radius 2 is 2.16 bits per heavy atom. The van der Waals surface area contributed by atoms with Crippen molar-refractivity contribution in [1.82, 2.24) is 0 Å². The molecular formula is C15H20ClNO2. The van der Waals surface area contributed by atoms with Gasteiger partial charge in [-0.3, -0.25) is 0 Å². The minimum atomic E-state index is 0.0568. The zero-order valence-electron chi connectivity index (χ0n) is 11.0. The Labute approximate surface area is 119 Å². The first-order valence-electron chi connectivity index (χ1n) is 7.07. The molecule has 0 spiro atoms. The van der Waals surface area contributed by atoms with Crippen LogP contribution in [-0.2, 0) is 11.3 Å². The van der Waals surface area contributed by atoms with Crippen molar-refractivity contribution in [3.63, 3.8) is 0 Å². The van der Waals surface area contributed by atoms with Crippen LogP contribution in [0, 0.1) is 0 Å². The average molecular weight is 282 g/mol. The number of nitrogens with zero attached hydrogens (tertiary/aromatic N) is 1. The Hall–Kier alpha value is -0.770. The predicted molar refractivity (Wildman–Crippen MR) is 76.7 cm³/mol. The van der Waals surface area contributed by atoms with Gasteiger partial charge in [-0.25, -0.2) is 0 Å². The van der Waals surface area contributed by atoms with E-state index in [-0.39, 0.29) is 6.61 Å². The first-order valence-corrected chi connectivity index (χ1v) is 7.45. The first kappa shape index (κ1) is 13.2. The summed E-state index contributed by atoms with van der Waals surface area (Å²) in [6.07, 6.45) is 5.18. The van der Waals surface area contributed by atoms with E-state index in [2.05, 4.69) is 4.90 Å². The molecule has 3 rings (SSSR count). The Morgan fingerprint density at radius 3 is 3.00 bits per heavy atom. The number of fused-ring (bicyclic) bond motifs is 1. The normalized spacial score (nSPS) is 27.2. The quantitative estimate of drug-likeness (QED) is 0.905. The summed E-state index contributed by atoms with van der Waals surface area (Å²) in [5, 5.41) is 10.3. The molecule has 19 heavy (non-hydrogen) atoms. The summed E-state index contributed by atoms with van der Waals surface area (Å²) in [5.74, 6) is 0. The highest BCUT2D eigenvalue weighted by Gasteiger charge is 2.35. The van der Waals surface area contributed by atoms with E-state index in [1.165, 1.54) is 19.3 Å². The maximum absolute atomic E-state index is 9.54. The van der Waals surface area contributed by atoms with Crippen molar-refractivity contribution in [1.29, 1.82) is 0 Å². The second-order valence-corrected chi connectivity index (χ2v) is 5.82. The first-order chi connectivity index (χ1) is 9.29. The molecule has 0 radical (unpaired) electrons. The van der Waals surface area contributed by atoms with Gasteiger partial charge in [0.15, 0.2) is 0 Å². The minimum absolute atomic E-state index is 0.0568. The van der Waals surface area contributed by atoms with Gasteiger partial charge in [0, 0.05) is 22.8 Å². The summed E-state index contributed by atoms with van der Waals surface area (Å²) in [7, 11) is 0. The monoisotopic (exact) mass is 281 g/mol. The topological polar surface area (TPSA) is 32.7 Å². The smallest absolute Gasteiger partial charge is 0.0779 e. The van der Waals surface area contributed by atoms with Crippen LogP contribution in [0.3, 0.4) is 0 Å². The molecule has 2 atom stereocenters. The van der Waals surface area contributed by atoms with Gasteiger partial charge in [0.1, 0.15) is 0 Å². The molecule has 2 fully saturated rings. The fraction of sp³-hybridized carbons (Fsp3) is 0.600. The van der Waals surface area contributed by atoms with E-state index < -0.39 is 0 Å². The molecule has 1 aliphatic carbocycles. The van der Waals surface area contributed by atoms with Gasteiger partial charge < -0.3 is 14.7 Å². The lowest BCUT2D eigenvalue weighted by atomic mass is 9.89. The van der Waals surface area contributed by atoms with Crippen LogP contribution in [0.5, 0.6) is 0 Å². The highest BCUT2D eigenvalue weighted by atomic mass is 35.5. The third kappa shape index (κ3) is 2.60. The van der Waals surface area contributed by atoms with Gasteiger partial charge in [-0.1, -0.05) is 30.5 Å². The molecule has 2 unspecified atom stereocenters. The van der Waals surface area contributed by atoms with Crippen molar-refractivity contribution in [3.8, 4) is 0 Å². The van der Waals surface area contributed by atoms with Crippen LogP contribution in [0.25, 0.3) is 0 Å². The molecule has 1 aromatic carbocycles. The van der Waals surface area contributed by atoms with Crippen molar-refractivity contribution in [2.75, 3.05) is 18.1 Å². The molecule has 3 nitrogen and oxygen atoms in total. The second kappa shape index (κ2) is 5.70. The number of benzene rings is 1. The summed E-state index contributed by atoms with van der Waals surface area (Å²) in [4.78, 5) is 2.39. The minimum Gasteiger partial charge on any atom is -0.392 e. The van der Waals surface area contributed by atoms with E-state index in [4.69, 9.17) is 16.3 Å². The fourth-order valence-electron chi connectivity index (χ4n) is 3.33. The zero-order chi connectivity index (χ0) is 13.2. The van der Waals surface area contributed by atoms with Crippen molar-refractivity contribution in [2.45, 2.75) is 44.4 Å². The Morgan fingerprint density at radius 1 is 1.32 bits per heavy atom. The number of morpholine rings is 1. The molecule has 1 N–H and O–H groups in total. The van der Waals surface area contributed by atoms with E-state index >= 15 is 0 Å². The summed E-state index contributed by atoms with van der Waals surface area (Å²) in [6.45, 7) is 1.70. The molecule has 1 saturated heterocycles. The number of rotatable bonds is 2. The average Bonchev–Trinajstić information content (AvgIpc) is 2.46. The second-order valence-electron chi connectivity index (χ2n) is 5.39. The maximum atomic E-state index is 9.54. The van der Waals surface area contributed by atoms with Crippen LogP contribution in [-0.4, -0.2) is 30.4 Å². The largest absolute Gasteiger partial charge is 0.392 e. The van der Waals surface area contributed by atoms with Gasteiger partial charge in [-0.2, -0.15) is 0 Å². The van der Waals surface area contributed by atoms with Gasteiger partial charge >= 0.3 is 0 Å². The number of anilines is 1. The number of aliphatic hydroxyl groups excluding tert-OH is 1. The van der Waals surface area contributed by atoms with Crippen molar-refractivity contribution in [2.24, 2.45) is 0 Å². The van der Waals surface area contributed by atoms with Crippen LogP contribution < -0.4 is 4.90 Å². The van der Waals surface area contributed by atoms with Gasteiger partial charge in [-0.15, -0.1) is 0 Å². The van der Waals surface area contributed by atoms with Crippen molar-refractivity contribution < 1.29 is 9.84 Å². The zero-order valence-corrected chi connectivity index (χ0v) is 11.8. The molecule has 1 heterocycles. The number of hydrogen-bond acceptors (Lipinski definition) is 3. The van der Waals surface area contributed by atoms with Gasteiger partial charge in [-0.05, 0) is 25.0 Å². The number of hydrogen-bond donors (Lipinski definition) is 1. The van der Waals surface area contributed by atoms with Crippen molar-refractivity contribution in [3.05, 3.63) is 28.8 Å². The number of ether oxygens (including phenoxy) is 1. The molecule has 2 aliphatic rings. The van der Waals surface area contributed by atoms with Gasteiger partial charge in [0.25, 0.3) is 0 Å². The molecule has 0 bridgehead atoms. The van der Waals surface area contributed by atoms with Crippen LogP contribution in [0.2, 0.25) is 5.02 Å². The Kier molecular flexibility index (Phi) is 3.96. The van der Waals surface area contributed by atoms with Gasteiger partial charge in [0.05, 0.1) is 25.4 Å². The summed E-state index contributed by atoms with van der Waals surface area (Å²) in [6, 6.07) is 6.18. The van der Waals surface area contributed by atoms with Crippen LogP contribution >= 0.6 is 11.6 Å². The summed E-state index contributed by atoms with van der Waals surface area (Å²) >= 11 is 6.13. The highest BCUT2D eigenvalue weighted by Crippen LogP contribution is 2.34. The lowest BCUT2D eigenvalue weighted by Gasteiger charge is -2.45. The summed E-state index contributed by atoms with van der Waals surface area (Å²) in [5.41, 5.74) is 2.03.